The van der Waals surface area contributed by atoms with Gasteiger partial charge in [0, 0.05) is 18.1 Å². The number of amides is 1. The first-order chi connectivity index (χ1) is 9.79. The van der Waals surface area contributed by atoms with Crippen molar-refractivity contribution in [2.75, 3.05) is 13.1 Å². The lowest BCUT2D eigenvalue weighted by molar-refractivity contribution is -0.136. The average molecular weight is 345 g/mol. The van der Waals surface area contributed by atoms with Gasteiger partial charge in [0.25, 0.3) is 0 Å². The van der Waals surface area contributed by atoms with Crippen molar-refractivity contribution in [3.05, 3.63) is 34.9 Å². The third-order valence-corrected chi connectivity index (χ3v) is 4.60. The van der Waals surface area contributed by atoms with E-state index in [0.29, 0.717) is 5.92 Å². The minimum atomic E-state index is -0.426. The van der Waals surface area contributed by atoms with Gasteiger partial charge in [0.1, 0.15) is 0 Å². The van der Waals surface area contributed by atoms with E-state index in [4.69, 9.17) is 17.3 Å². The molecule has 1 fully saturated rings. The van der Waals surface area contributed by atoms with E-state index >= 15 is 0 Å². The second-order valence-electron chi connectivity index (χ2n) is 6.99. The number of nitrogens with zero attached hydrogens (tertiary/aromatic N) is 1. The quantitative estimate of drug-likeness (QED) is 0.885. The Labute approximate surface area is 144 Å². The van der Waals surface area contributed by atoms with Crippen LogP contribution in [-0.2, 0) is 4.79 Å². The van der Waals surface area contributed by atoms with Crippen molar-refractivity contribution in [3.63, 3.8) is 0 Å². The summed E-state index contributed by atoms with van der Waals surface area (Å²) in [4.78, 5) is 14.3. The summed E-state index contributed by atoms with van der Waals surface area (Å²) in [6.45, 7) is 7.61. The molecule has 3 nitrogen and oxygen atoms in total. The molecule has 0 saturated carbocycles. The highest BCUT2D eigenvalue weighted by Gasteiger charge is 2.33. The van der Waals surface area contributed by atoms with Crippen molar-refractivity contribution in [1.29, 1.82) is 0 Å². The highest BCUT2D eigenvalue weighted by Crippen LogP contribution is 2.30. The van der Waals surface area contributed by atoms with E-state index in [0.717, 1.165) is 31.0 Å². The Balaban J connectivity index is 0.00000242. The van der Waals surface area contributed by atoms with Crippen LogP contribution in [0.15, 0.2) is 24.3 Å². The van der Waals surface area contributed by atoms with Crippen LogP contribution in [0.3, 0.4) is 0 Å². The van der Waals surface area contributed by atoms with Crippen molar-refractivity contribution in [2.24, 2.45) is 11.1 Å². The lowest BCUT2D eigenvalue weighted by Crippen LogP contribution is -2.52. The smallest absolute Gasteiger partial charge is 0.240 e. The summed E-state index contributed by atoms with van der Waals surface area (Å²) in [5.41, 5.74) is 7.20. The third-order valence-electron chi connectivity index (χ3n) is 4.35. The van der Waals surface area contributed by atoms with Gasteiger partial charge in [-0.3, -0.25) is 4.79 Å². The van der Waals surface area contributed by atoms with Gasteiger partial charge in [0.05, 0.1) is 6.04 Å². The predicted molar refractivity (Wildman–Crippen MR) is 94.7 cm³/mol. The second-order valence-corrected chi connectivity index (χ2v) is 7.43. The van der Waals surface area contributed by atoms with E-state index in [2.05, 4.69) is 12.1 Å². The molecule has 2 N–H and O–H groups in total. The first kappa shape index (κ1) is 19.3. The topological polar surface area (TPSA) is 46.3 Å². The Hall–Kier alpha value is -0.770. The van der Waals surface area contributed by atoms with Gasteiger partial charge >= 0.3 is 0 Å². The molecule has 1 heterocycles. The van der Waals surface area contributed by atoms with Crippen molar-refractivity contribution in [3.8, 4) is 0 Å². The van der Waals surface area contributed by atoms with E-state index in [1.54, 1.807) is 0 Å². The van der Waals surface area contributed by atoms with E-state index in [1.807, 2.05) is 37.8 Å². The Bertz CT molecular complexity index is 488. The van der Waals surface area contributed by atoms with Gasteiger partial charge in [-0.2, -0.15) is 0 Å². The fourth-order valence-corrected chi connectivity index (χ4v) is 2.86. The number of rotatable bonds is 2. The minimum absolute atomic E-state index is 0. The summed E-state index contributed by atoms with van der Waals surface area (Å²) in [5.74, 6) is 0.592. The Morgan fingerprint density at radius 1 is 1.23 bits per heavy atom. The summed E-state index contributed by atoms with van der Waals surface area (Å²) in [6, 6.07) is 7.62. The number of carbonyl (C=O) groups is 1. The molecule has 5 heteroatoms. The summed E-state index contributed by atoms with van der Waals surface area (Å²) >= 11 is 5.93. The highest BCUT2D eigenvalue weighted by molar-refractivity contribution is 6.30. The number of piperidine rings is 1. The summed E-state index contributed by atoms with van der Waals surface area (Å²) in [5, 5.41) is 0.766. The molecule has 1 unspecified atom stereocenters. The zero-order chi connectivity index (χ0) is 15.6. The molecule has 0 aromatic heterocycles. The maximum atomic E-state index is 12.4. The van der Waals surface area contributed by atoms with E-state index in [-0.39, 0.29) is 23.7 Å². The first-order valence-corrected chi connectivity index (χ1v) is 7.96. The monoisotopic (exact) mass is 344 g/mol. The Morgan fingerprint density at radius 3 is 2.18 bits per heavy atom. The summed E-state index contributed by atoms with van der Waals surface area (Å²) in [7, 11) is 0. The van der Waals surface area contributed by atoms with Gasteiger partial charge in [-0.25, -0.2) is 0 Å². The number of benzene rings is 1. The highest BCUT2D eigenvalue weighted by atomic mass is 35.5. The average Bonchev–Trinajstić information content (AvgIpc) is 2.46. The van der Waals surface area contributed by atoms with Crippen LogP contribution in [0.4, 0.5) is 0 Å². The fraction of sp³-hybridized carbons (Fsp3) is 0.588. The van der Waals surface area contributed by atoms with E-state index in [1.165, 1.54) is 5.56 Å². The fourth-order valence-electron chi connectivity index (χ4n) is 2.74. The van der Waals surface area contributed by atoms with Crippen LogP contribution < -0.4 is 5.73 Å². The molecule has 1 aliphatic heterocycles. The van der Waals surface area contributed by atoms with Crippen LogP contribution in [-0.4, -0.2) is 29.9 Å². The van der Waals surface area contributed by atoms with Crippen molar-refractivity contribution >= 4 is 29.9 Å². The molecule has 1 aromatic carbocycles. The zero-order valence-corrected chi connectivity index (χ0v) is 15.1. The number of hydrogen-bond donors (Lipinski definition) is 1. The molecular weight excluding hydrogens is 319 g/mol. The van der Waals surface area contributed by atoms with E-state index < -0.39 is 6.04 Å². The number of carbonyl (C=O) groups excluding carboxylic acids is 1. The van der Waals surface area contributed by atoms with Crippen LogP contribution in [0.25, 0.3) is 0 Å². The lowest BCUT2D eigenvalue weighted by atomic mass is 9.85. The van der Waals surface area contributed by atoms with Crippen molar-refractivity contribution in [1.82, 2.24) is 4.90 Å². The van der Waals surface area contributed by atoms with Gasteiger partial charge in [-0.15, -0.1) is 12.4 Å². The zero-order valence-electron chi connectivity index (χ0n) is 13.5. The van der Waals surface area contributed by atoms with Crippen LogP contribution in [0.5, 0.6) is 0 Å². The molecular formula is C17H26Cl2N2O. The molecule has 1 saturated heterocycles. The second kappa shape index (κ2) is 7.67. The standard InChI is InChI=1S/C17H25ClN2O.ClH/c1-17(2,3)15(19)16(21)20-10-8-13(9-11-20)12-4-6-14(18)7-5-12;/h4-7,13,15H,8-11,19H2,1-3H3;1H. The van der Waals surface area contributed by atoms with Crippen LogP contribution in [0.1, 0.15) is 45.1 Å². The Kier molecular flexibility index (Phi) is 6.72. The SMILES string of the molecule is CC(C)(C)C(N)C(=O)N1CCC(c2ccc(Cl)cc2)CC1.Cl. The largest absolute Gasteiger partial charge is 0.341 e. The van der Waals surface area contributed by atoms with Gasteiger partial charge in [0.2, 0.25) is 5.91 Å². The van der Waals surface area contributed by atoms with Crippen LogP contribution >= 0.6 is 24.0 Å². The number of hydrogen-bond acceptors (Lipinski definition) is 2. The van der Waals surface area contributed by atoms with Crippen LogP contribution in [0.2, 0.25) is 5.02 Å². The molecule has 124 valence electrons. The maximum absolute atomic E-state index is 12.4. The lowest BCUT2D eigenvalue weighted by Gasteiger charge is -2.36. The molecule has 1 aromatic rings. The predicted octanol–water partition coefficient (Wildman–Crippen LogP) is 3.84. The molecule has 1 aliphatic rings. The maximum Gasteiger partial charge on any atom is 0.240 e. The number of nitrogens with two attached hydrogens (primary N) is 1. The van der Waals surface area contributed by atoms with Gasteiger partial charge in [-0.1, -0.05) is 44.5 Å². The summed E-state index contributed by atoms with van der Waals surface area (Å²) in [6.07, 6.45) is 1.98. The summed E-state index contributed by atoms with van der Waals surface area (Å²) < 4.78 is 0. The van der Waals surface area contributed by atoms with Crippen LogP contribution in [0, 0.1) is 5.41 Å². The molecule has 0 spiro atoms. The normalized spacial score (nSPS) is 17.8. The van der Waals surface area contributed by atoms with Crippen molar-refractivity contribution in [2.45, 2.75) is 45.6 Å². The molecule has 2 rings (SSSR count). The minimum Gasteiger partial charge on any atom is -0.341 e. The molecule has 0 bridgehead atoms. The number of halogens is 2. The molecule has 0 aliphatic carbocycles. The first-order valence-electron chi connectivity index (χ1n) is 7.59. The Morgan fingerprint density at radius 2 is 1.73 bits per heavy atom. The van der Waals surface area contributed by atoms with Gasteiger partial charge in [0.15, 0.2) is 0 Å². The molecule has 1 atom stereocenters. The molecule has 22 heavy (non-hydrogen) atoms. The molecule has 1 amide bonds. The number of likely N-dealkylation sites (tertiary alicyclic amines) is 1. The van der Waals surface area contributed by atoms with Crippen molar-refractivity contribution < 1.29 is 4.79 Å². The van der Waals surface area contributed by atoms with Gasteiger partial charge in [-0.05, 0) is 41.9 Å². The third kappa shape index (κ3) is 4.61. The van der Waals surface area contributed by atoms with E-state index in [9.17, 15) is 4.79 Å². The van der Waals surface area contributed by atoms with Gasteiger partial charge < -0.3 is 10.6 Å². The molecule has 0 radical (unpaired) electrons.